The number of hydrogen-bond donors (Lipinski definition) is 1. The lowest BCUT2D eigenvalue weighted by Crippen LogP contribution is -2.52. The van der Waals surface area contributed by atoms with Gasteiger partial charge in [0, 0.05) is 38.0 Å². The third-order valence-electron chi connectivity index (χ3n) is 3.97. The molecule has 21 heavy (non-hydrogen) atoms. The smallest absolute Gasteiger partial charge is 0.282 e. The Morgan fingerprint density at radius 3 is 2.62 bits per heavy atom. The molecule has 2 saturated heterocycles. The molecule has 2 heterocycles. The predicted molar refractivity (Wildman–Crippen MR) is 83.5 cm³/mol. The van der Waals surface area contributed by atoms with E-state index in [4.69, 9.17) is 4.74 Å². The van der Waals surface area contributed by atoms with Gasteiger partial charge in [-0.2, -0.15) is 0 Å². The predicted octanol–water partition coefficient (Wildman–Crippen LogP) is 0.628. The van der Waals surface area contributed by atoms with E-state index >= 15 is 0 Å². The Labute approximate surface area is 130 Å². The molecule has 0 bridgehead atoms. The van der Waals surface area contributed by atoms with Crippen molar-refractivity contribution in [2.75, 3.05) is 51.7 Å². The van der Waals surface area contributed by atoms with E-state index in [9.17, 15) is 9.59 Å². The van der Waals surface area contributed by atoms with Gasteiger partial charge in [0.15, 0.2) is 0 Å². The largest absolute Gasteiger partial charge is 0.379 e. The lowest BCUT2D eigenvalue weighted by molar-refractivity contribution is -0.122. The van der Waals surface area contributed by atoms with Crippen LogP contribution in [0.3, 0.4) is 0 Å². The van der Waals surface area contributed by atoms with Crippen LogP contribution in [0.2, 0.25) is 0 Å². The van der Waals surface area contributed by atoms with E-state index in [1.54, 1.807) is 4.90 Å². The molecule has 120 valence electrons. The van der Waals surface area contributed by atoms with Crippen LogP contribution < -0.4 is 5.32 Å². The summed E-state index contributed by atoms with van der Waals surface area (Å²) in [6.45, 7) is 9.19. The van der Waals surface area contributed by atoms with Crippen molar-refractivity contribution in [3.05, 3.63) is 0 Å². The van der Waals surface area contributed by atoms with Gasteiger partial charge >= 0.3 is 0 Å². The number of ether oxygens (including phenoxy) is 1. The van der Waals surface area contributed by atoms with E-state index in [0.29, 0.717) is 25.0 Å². The number of amides is 2. The third kappa shape index (κ3) is 4.86. The minimum Gasteiger partial charge on any atom is -0.379 e. The molecule has 0 aromatic rings. The molecule has 0 saturated carbocycles. The SMILES string of the molecule is CC(C)[C@H](CNC(=O)CN1CCSC1=O)N1CCOCC1. The molecule has 2 rings (SSSR count). The van der Waals surface area contributed by atoms with Crippen LogP contribution in [0.15, 0.2) is 0 Å². The Balaban J connectivity index is 1.78. The maximum Gasteiger partial charge on any atom is 0.282 e. The van der Waals surface area contributed by atoms with Crippen LogP contribution in [-0.2, 0) is 9.53 Å². The summed E-state index contributed by atoms with van der Waals surface area (Å²) in [5.41, 5.74) is 0. The van der Waals surface area contributed by atoms with Gasteiger partial charge in [0.25, 0.3) is 5.24 Å². The topological polar surface area (TPSA) is 61.9 Å². The summed E-state index contributed by atoms with van der Waals surface area (Å²) in [6, 6.07) is 0.321. The Morgan fingerprint density at radius 2 is 2.05 bits per heavy atom. The fourth-order valence-electron chi connectivity index (χ4n) is 2.71. The summed E-state index contributed by atoms with van der Waals surface area (Å²) >= 11 is 1.28. The number of rotatable bonds is 6. The van der Waals surface area contributed by atoms with E-state index < -0.39 is 0 Å². The molecule has 2 amide bonds. The van der Waals surface area contributed by atoms with Crippen LogP contribution in [0, 0.1) is 5.92 Å². The Kier molecular flexibility index (Phi) is 6.32. The second-order valence-electron chi connectivity index (χ2n) is 5.80. The van der Waals surface area contributed by atoms with Gasteiger partial charge < -0.3 is 15.0 Å². The Hall–Kier alpha value is -0.790. The Bertz CT molecular complexity index is 372. The first-order valence-electron chi connectivity index (χ1n) is 7.58. The number of thioether (sulfide) groups is 1. The highest BCUT2D eigenvalue weighted by Crippen LogP contribution is 2.16. The van der Waals surface area contributed by atoms with Gasteiger partial charge in [0.05, 0.1) is 13.2 Å². The number of carbonyl (C=O) groups is 2. The summed E-state index contributed by atoms with van der Waals surface area (Å²) in [6.07, 6.45) is 0. The maximum absolute atomic E-state index is 12.0. The Morgan fingerprint density at radius 1 is 1.33 bits per heavy atom. The summed E-state index contributed by atoms with van der Waals surface area (Å²) < 4.78 is 5.38. The zero-order valence-corrected chi connectivity index (χ0v) is 13.7. The van der Waals surface area contributed by atoms with Crippen molar-refractivity contribution in [3.8, 4) is 0 Å². The molecule has 2 fully saturated rings. The van der Waals surface area contributed by atoms with Crippen molar-refractivity contribution in [3.63, 3.8) is 0 Å². The molecular formula is C14H25N3O3S. The van der Waals surface area contributed by atoms with Crippen molar-refractivity contribution in [2.45, 2.75) is 19.9 Å². The van der Waals surface area contributed by atoms with Gasteiger partial charge in [-0.1, -0.05) is 25.6 Å². The van der Waals surface area contributed by atoms with Crippen LogP contribution >= 0.6 is 11.8 Å². The number of nitrogens with zero attached hydrogens (tertiary/aromatic N) is 2. The van der Waals surface area contributed by atoms with Gasteiger partial charge in [0.1, 0.15) is 6.54 Å². The minimum absolute atomic E-state index is 0.0127. The first kappa shape index (κ1) is 16.6. The zero-order chi connectivity index (χ0) is 15.2. The first-order valence-corrected chi connectivity index (χ1v) is 8.56. The highest BCUT2D eigenvalue weighted by Gasteiger charge is 2.26. The molecule has 0 aromatic carbocycles. The van der Waals surface area contributed by atoms with E-state index in [2.05, 4.69) is 24.1 Å². The van der Waals surface area contributed by atoms with E-state index in [1.165, 1.54) is 11.8 Å². The minimum atomic E-state index is -0.0650. The molecule has 6 nitrogen and oxygen atoms in total. The molecule has 0 radical (unpaired) electrons. The number of nitrogens with one attached hydrogen (secondary N) is 1. The molecule has 7 heteroatoms. The molecule has 0 spiro atoms. The van der Waals surface area contributed by atoms with E-state index in [-0.39, 0.29) is 17.7 Å². The van der Waals surface area contributed by atoms with Crippen LogP contribution in [0.1, 0.15) is 13.8 Å². The van der Waals surface area contributed by atoms with Gasteiger partial charge in [-0.05, 0) is 5.92 Å². The van der Waals surface area contributed by atoms with Gasteiger partial charge in [-0.15, -0.1) is 0 Å². The molecule has 1 atom stereocenters. The third-order valence-corrected chi connectivity index (χ3v) is 4.86. The maximum atomic E-state index is 12.0. The quantitative estimate of drug-likeness (QED) is 0.779. The number of hydrogen-bond acceptors (Lipinski definition) is 5. The van der Waals surface area contributed by atoms with Crippen molar-refractivity contribution in [1.82, 2.24) is 15.1 Å². The fourth-order valence-corrected chi connectivity index (χ4v) is 3.54. The molecule has 0 aliphatic carbocycles. The number of morpholine rings is 1. The van der Waals surface area contributed by atoms with Crippen molar-refractivity contribution in [1.29, 1.82) is 0 Å². The van der Waals surface area contributed by atoms with E-state index in [1.807, 2.05) is 0 Å². The molecule has 2 aliphatic heterocycles. The molecule has 0 unspecified atom stereocenters. The highest BCUT2D eigenvalue weighted by atomic mass is 32.2. The molecular weight excluding hydrogens is 290 g/mol. The summed E-state index contributed by atoms with van der Waals surface area (Å²) in [5, 5.41) is 3.00. The summed E-state index contributed by atoms with van der Waals surface area (Å²) in [7, 11) is 0. The normalized spacial score (nSPS) is 21.9. The van der Waals surface area contributed by atoms with Gasteiger partial charge in [-0.25, -0.2) is 0 Å². The van der Waals surface area contributed by atoms with E-state index in [0.717, 1.165) is 32.1 Å². The average Bonchev–Trinajstić information content (AvgIpc) is 2.85. The molecule has 0 aromatic heterocycles. The van der Waals surface area contributed by atoms with Crippen molar-refractivity contribution < 1.29 is 14.3 Å². The first-order chi connectivity index (χ1) is 10.1. The zero-order valence-electron chi connectivity index (χ0n) is 12.8. The van der Waals surface area contributed by atoms with Crippen LogP contribution in [-0.4, -0.2) is 78.7 Å². The molecule has 2 aliphatic rings. The number of carbonyl (C=O) groups excluding carboxylic acids is 2. The summed E-state index contributed by atoms with van der Waals surface area (Å²) in [5.74, 6) is 1.19. The van der Waals surface area contributed by atoms with Crippen LogP contribution in [0.5, 0.6) is 0 Å². The molecule has 1 N–H and O–H groups in total. The van der Waals surface area contributed by atoms with Gasteiger partial charge in [-0.3, -0.25) is 14.5 Å². The lowest BCUT2D eigenvalue weighted by Gasteiger charge is -2.37. The fraction of sp³-hybridized carbons (Fsp3) is 0.857. The van der Waals surface area contributed by atoms with Crippen LogP contribution in [0.4, 0.5) is 4.79 Å². The highest BCUT2D eigenvalue weighted by molar-refractivity contribution is 8.13. The van der Waals surface area contributed by atoms with Gasteiger partial charge in [0.2, 0.25) is 5.91 Å². The second-order valence-corrected chi connectivity index (χ2v) is 6.85. The second kappa shape index (κ2) is 8.00. The lowest BCUT2D eigenvalue weighted by atomic mass is 10.0. The van der Waals surface area contributed by atoms with Crippen molar-refractivity contribution >= 4 is 22.9 Å². The van der Waals surface area contributed by atoms with Crippen molar-refractivity contribution in [2.24, 2.45) is 5.92 Å². The van der Waals surface area contributed by atoms with Crippen LogP contribution in [0.25, 0.3) is 0 Å². The monoisotopic (exact) mass is 315 g/mol. The summed E-state index contributed by atoms with van der Waals surface area (Å²) in [4.78, 5) is 27.5. The average molecular weight is 315 g/mol. The standard InChI is InChI=1S/C14H25N3O3S/c1-11(2)12(16-3-6-20-7-4-16)9-15-13(18)10-17-5-8-21-14(17)19/h11-12H,3-10H2,1-2H3,(H,15,18)/t12-/m0/s1.